The first-order valence-electron chi connectivity index (χ1n) is 4.50. The van der Waals surface area contributed by atoms with Crippen LogP contribution in [0.15, 0.2) is 22.6 Å². The van der Waals surface area contributed by atoms with Gasteiger partial charge in [0.1, 0.15) is 23.2 Å². The van der Waals surface area contributed by atoms with Crippen molar-refractivity contribution in [3.8, 4) is 0 Å². The number of rotatable bonds is 3. The average Bonchev–Trinajstić information content (AvgIpc) is 2.59. The lowest BCUT2D eigenvalue weighted by atomic mass is 10.1. The molecule has 2 aromatic rings. The number of aromatic carboxylic acids is 1. The van der Waals surface area contributed by atoms with E-state index in [-0.39, 0.29) is 17.6 Å². The SMILES string of the molecule is O=CCc1cc2cc(Cl)cc(C(=O)O)c2o1. The fourth-order valence-electron chi connectivity index (χ4n) is 1.51. The molecule has 0 aliphatic heterocycles. The second-order valence-corrected chi connectivity index (χ2v) is 3.70. The Labute approximate surface area is 95.4 Å². The third-order valence-corrected chi connectivity index (χ3v) is 2.37. The van der Waals surface area contributed by atoms with Crippen molar-refractivity contribution in [2.45, 2.75) is 6.42 Å². The molecule has 0 aliphatic carbocycles. The molecule has 0 aliphatic rings. The van der Waals surface area contributed by atoms with Gasteiger partial charge in [0, 0.05) is 10.4 Å². The van der Waals surface area contributed by atoms with Crippen molar-refractivity contribution in [3.05, 3.63) is 34.5 Å². The van der Waals surface area contributed by atoms with Crippen molar-refractivity contribution >= 4 is 34.8 Å². The van der Waals surface area contributed by atoms with Crippen LogP contribution in [0.5, 0.6) is 0 Å². The number of carbonyl (C=O) groups excluding carboxylic acids is 1. The van der Waals surface area contributed by atoms with Gasteiger partial charge in [-0.25, -0.2) is 4.79 Å². The lowest BCUT2D eigenvalue weighted by Crippen LogP contribution is -1.96. The van der Waals surface area contributed by atoms with E-state index >= 15 is 0 Å². The number of hydrogen-bond acceptors (Lipinski definition) is 3. The normalized spacial score (nSPS) is 10.6. The Morgan fingerprint density at radius 1 is 1.44 bits per heavy atom. The molecule has 82 valence electrons. The lowest BCUT2D eigenvalue weighted by molar-refractivity contribution is -0.107. The molecule has 0 radical (unpaired) electrons. The van der Waals surface area contributed by atoms with Gasteiger partial charge in [-0.2, -0.15) is 0 Å². The molecular weight excluding hydrogens is 232 g/mol. The summed E-state index contributed by atoms with van der Waals surface area (Å²) in [6.45, 7) is 0. The summed E-state index contributed by atoms with van der Waals surface area (Å²) in [7, 11) is 0. The predicted molar refractivity (Wildman–Crippen MR) is 58.0 cm³/mol. The summed E-state index contributed by atoms with van der Waals surface area (Å²) in [5.74, 6) is -0.686. The van der Waals surface area contributed by atoms with Crippen LogP contribution in [-0.4, -0.2) is 17.4 Å². The first-order valence-corrected chi connectivity index (χ1v) is 4.88. The van der Waals surface area contributed by atoms with E-state index in [9.17, 15) is 9.59 Å². The summed E-state index contributed by atoms with van der Waals surface area (Å²) in [5, 5.41) is 9.87. The summed E-state index contributed by atoms with van der Waals surface area (Å²) in [4.78, 5) is 21.3. The molecule has 0 unspecified atom stereocenters. The molecular formula is C11H7ClO4. The third kappa shape index (κ3) is 1.79. The van der Waals surface area contributed by atoms with Crippen molar-refractivity contribution < 1.29 is 19.1 Å². The highest BCUT2D eigenvalue weighted by molar-refractivity contribution is 6.32. The molecule has 0 atom stereocenters. The molecule has 1 aromatic carbocycles. The molecule has 1 heterocycles. The standard InChI is InChI=1S/C11H7ClO4/c12-7-3-6-4-8(1-2-13)16-10(6)9(5-7)11(14)15/h2-5H,1H2,(H,14,15). The molecule has 16 heavy (non-hydrogen) atoms. The van der Waals surface area contributed by atoms with Crippen molar-refractivity contribution in [1.29, 1.82) is 0 Å². The smallest absolute Gasteiger partial charge is 0.339 e. The van der Waals surface area contributed by atoms with Gasteiger partial charge < -0.3 is 14.3 Å². The van der Waals surface area contributed by atoms with Crippen LogP contribution >= 0.6 is 11.6 Å². The zero-order valence-electron chi connectivity index (χ0n) is 8.07. The number of carboxylic acids is 1. The molecule has 0 saturated heterocycles. The van der Waals surface area contributed by atoms with E-state index in [1.807, 2.05) is 0 Å². The van der Waals surface area contributed by atoms with E-state index in [1.165, 1.54) is 6.07 Å². The number of carbonyl (C=O) groups is 2. The molecule has 0 saturated carbocycles. The van der Waals surface area contributed by atoms with Gasteiger partial charge in [0.2, 0.25) is 0 Å². The summed E-state index contributed by atoms with van der Waals surface area (Å²) in [6, 6.07) is 4.53. The second kappa shape index (κ2) is 3.98. The second-order valence-electron chi connectivity index (χ2n) is 3.26. The summed E-state index contributed by atoms with van der Waals surface area (Å²) in [5.41, 5.74) is 0.244. The van der Waals surface area contributed by atoms with Crippen LogP contribution in [0.1, 0.15) is 16.1 Å². The molecule has 2 rings (SSSR count). The number of fused-ring (bicyclic) bond motifs is 1. The quantitative estimate of drug-likeness (QED) is 0.835. The predicted octanol–water partition coefficient (Wildman–Crippen LogP) is 2.53. The number of benzene rings is 1. The van der Waals surface area contributed by atoms with Crippen LogP contribution in [0.2, 0.25) is 5.02 Å². The van der Waals surface area contributed by atoms with Gasteiger partial charge in [0.25, 0.3) is 0 Å². The topological polar surface area (TPSA) is 67.5 Å². The van der Waals surface area contributed by atoms with E-state index in [4.69, 9.17) is 21.1 Å². The summed E-state index contributed by atoms with van der Waals surface area (Å²) < 4.78 is 5.29. The van der Waals surface area contributed by atoms with E-state index in [0.29, 0.717) is 22.5 Å². The lowest BCUT2D eigenvalue weighted by Gasteiger charge is -1.96. The highest BCUT2D eigenvalue weighted by atomic mass is 35.5. The van der Waals surface area contributed by atoms with E-state index in [2.05, 4.69) is 0 Å². The van der Waals surface area contributed by atoms with Crippen molar-refractivity contribution in [2.24, 2.45) is 0 Å². The van der Waals surface area contributed by atoms with Gasteiger partial charge in [-0.3, -0.25) is 0 Å². The molecule has 1 N–H and O–H groups in total. The molecule has 5 heteroatoms. The maximum Gasteiger partial charge on any atom is 0.339 e. The van der Waals surface area contributed by atoms with Gasteiger partial charge >= 0.3 is 5.97 Å². The number of hydrogen-bond donors (Lipinski definition) is 1. The Hall–Kier alpha value is -1.81. The molecule has 0 amide bonds. The van der Waals surface area contributed by atoms with Gasteiger partial charge in [0.05, 0.1) is 6.42 Å². The van der Waals surface area contributed by atoms with Gasteiger partial charge in [-0.15, -0.1) is 0 Å². The number of carboxylic acid groups (broad SMARTS) is 1. The average molecular weight is 239 g/mol. The number of furan rings is 1. The van der Waals surface area contributed by atoms with E-state index in [0.717, 1.165) is 0 Å². The first kappa shape index (κ1) is 10.7. The minimum atomic E-state index is -1.11. The summed E-state index contributed by atoms with van der Waals surface area (Å²) in [6.07, 6.45) is 0.811. The zero-order valence-corrected chi connectivity index (χ0v) is 8.82. The fourth-order valence-corrected chi connectivity index (χ4v) is 1.74. The number of aldehydes is 1. The maximum absolute atomic E-state index is 10.9. The van der Waals surface area contributed by atoms with Crippen LogP contribution in [-0.2, 0) is 11.2 Å². The molecule has 0 bridgehead atoms. The van der Waals surface area contributed by atoms with Crippen molar-refractivity contribution in [1.82, 2.24) is 0 Å². The Morgan fingerprint density at radius 2 is 2.19 bits per heavy atom. The van der Waals surface area contributed by atoms with Crippen molar-refractivity contribution in [2.75, 3.05) is 0 Å². The zero-order chi connectivity index (χ0) is 11.7. The molecule has 0 fully saturated rings. The largest absolute Gasteiger partial charge is 0.478 e. The molecule has 1 aromatic heterocycles. The Morgan fingerprint density at radius 3 is 2.81 bits per heavy atom. The van der Waals surface area contributed by atoms with E-state index in [1.54, 1.807) is 12.1 Å². The Balaban J connectivity index is 2.69. The highest BCUT2D eigenvalue weighted by Gasteiger charge is 2.14. The van der Waals surface area contributed by atoms with Crippen LogP contribution in [0, 0.1) is 0 Å². The summed E-state index contributed by atoms with van der Waals surface area (Å²) >= 11 is 5.78. The third-order valence-electron chi connectivity index (χ3n) is 2.15. The highest BCUT2D eigenvalue weighted by Crippen LogP contribution is 2.27. The van der Waals surface area contributed by atoms with Gasteiger partial charge in [-0.05, 0) is 18.2 Å². The molecule has 4 nitrogen and oxygen atoms in total. The van der Waals surface area contributed by atoms with E-state index < -0.39 is 5.97 Å². The minimum Gasteiger partial charge on any atom is -0.478 e. The Bertz CT molecular complexity index is 571. The first-order chi connectivity index (χ1) is 7.61. The minimum absolute atomic E-state index is 0.000325. The maximum atomic E-state index is 10.9. The fraction of sp³-hybridized carbons (Fsp3) is 0.0909. The van der Waals surface area contributed by atoms with Crippen LogP contribution < -0.4 is 0 Å². The Kier molecular flexibility index (Phi) is 2.66. The van der Waals surface area contributed by atoms with Crippen LogP contribution in [0.4, 0.5) is 0 Å². The van der Waals surface area contributed by atoms with Crippen LogP contribution in [0.3, 0.4) is 0 Å². The van der Waals surface area contributed by atoms with Gasteiger partial charge in [-0.1, -0.05) is 11.6 Å². The monoisotopic (exact) mass is 238 g/mol. The van der Waals surface area contributed by atoms with Crippen LogP contribution in [0.25, 0.3) is 11.0 Å². The molecule has 0 spiro atoms. The number of halogens is 1. The van der Waals surface area contributed by atoms with Crippen molar-refractivity contribution in [3.63, 3.8) is 0 Å². The van der Waals surface area contributed by atoms with Gasteiger partial charge in [0.15, 0.2) is 0 Å².